The highest BCUT2D eigenvalue weighted by Crippen LogP contribution is 2.26. The maximum atomic E-state index is 12.7. The largest absolute Gasteiger partial charge is 0.469 e. The Morgan fingerprint density at radius 2 is 1.89 bits per heavy atom. The van der Waals surface area contributed by atoms with Crippen molar-refractivity contribution in [2.45, 2.75) is 19.4 Å². The Morgan fingerprint density at radius 1 is 1.18 bits per heavy atom. The molecule has 3 aromatic rings. The van der Waals surface area contributed by atoms with Crippen molar-refractivity contribution in [3.63, 3.8) is 0 Å². The van der Waals surface area contributed by atoms with E-state index in [1.807, 2.05) is 0 Å². The van der Waals surface area contributed by atoms with Crippen LogP contribution in [0.2, 0.25) is 5.02 Å². The molecule has 0 aliphatic heterocycles. The number of benzene rings is 2. The summed E-state index contributed by atoms with van der Waals surface area (Å²) in [6.45, 7) is 1.73. The number of aromatic nitrogens is 2. The summed E-state index contributed by atoms with van der Waals surface area (Å²) < 4.78 is 9.85. The van der Waals surface area contributed by atoms with Crippen molar-refractivity contribution in [3.05, 3.63) is 70.5 Å². The number of hydrogen-bond donors (Lipinski definition) is 1. The number of carbonyl (C=O) groups excluding carboxylic acids is 2. The van der Waals surface area contributed by atoms with Gasteiger partial charge < -0.3 is 14.6 Å². The monoisotopic (exact) mass is 399 g/mol. The van der Waals surface area contributed by atoms with Crippen molar-refractivity contribution in [2.75, 3.05) is 7.11 Å². The van der Waals surface area contributed by atoms with Crippen LogP contribution in [0.4, 0.5) is 0 Å². The van der Waals surface area contributed by atoms with Gasteiger partial charge in [0.15, 0.2) is 5.82 Å². The first-order chi connectivity index (χ1) is 13.5. The van der Waals surface area contributed by atoms with Gasteiger partial charge in [0.25, 0.3) is 11.8 Å². The van der Waals surface area contributed by atoms with Gasteiger partial charge in [-0.3, -0.25) is 9.59 Å². The fourth-order valence-electron chi connectivity index (χ4n) is 2.67. The van der Waals surface area contributed by atoms with Crippen LogP contribution in [-0.2, 0) is 9.53 Å². The molecule has 0 saturated heterocycles. The van der Waals surface area contributed by atoms with E-state index in [1.165, 1.54) is 7.11 Å². The van der Waals surface area contributed by atoms with Gasteiger partial charge in [0.2, 0.25) is 0 Å². The van der Waals surface area contributed by atoms with Gasteiger partial charge in [-0.1, -0.05) is 35.0 Å². The average molecular weight is 400 g/mol. The molecule has 8 heteroatoms. The van der Waals surface area contributed by atoms with E-state index in [0.717, 1.165) is 0 Å². The Bertz CT molecular complexity index is 985. The van der Waals surface area contributed by atoms with E-state index in [0.29, 0.717) is 33.4 Å². The summed E-state index contributed by atoms with van der Waals surface area (Å²) in [6, 6.07) is 13.1. The summed E-state index contributed by atoms with van der Waals surface area (Å²) in [5.41, 5.74) is 1.76. The van der Waals surface area contributed by atoms with Crippen LogP contribution in [-0.4, -0.2) is 29.1 Å². The van der Waals surface area contributed by atoms with Gasteiger partial charge in [0.05, 0.1) is 19.6 Å². The number of esters is 1. The third-order valence-corrected chi connectivity index (χ3v) is 4.45. The molecule has 1 atom stereocenters. The third kappa shape index (κ3) is 4.55. The van der Waals surface area contributed by atoms with Crippen molar-refractivity contribution < 1.29 is 18.8 Å². The van der Waals surface area contributed by atoms with Crippen LogP contribution in [0.25, 0.3) is 11.5 Å². The van der Waals surface area contributed by atoms with Crippen LogP contribution in [0.5, 0.6) is 0 Å². The summed E-state index contributed by atoms with van der Waals surface area (Å²) in [5, 5.41) is 7.05. The van der Waals surface area contributed by atoms with Gasteiger partial charge in [-0.15, -0.1) is 0 Å². The number of aryl methyl sites for hydroxylation is 1. The number of nitrogens with one attached hydrogen (secondary N) is 1. The van der Waals surface area contributed by atoms with Crippen LogP contribution in [0.1, 0.15) is 34.2 Å². The highest BCUT2D eigenvalue weighted by Gasteiger charge is 2.22. The molecular formula is C20H18ClN3O4. The molecule has 144 valence electrons. The molecule has 28 heavy (non-hydrogen) atoms. The predicted molar refractivity (Wildman–Crippen MR) is 103 cm³/mol. The lowest BCUT2D eigenvalue weighted by molar-refractivity contribution is -0.141. The zero-order chi connectivity index (χ0) is 20.1. The zero-order valence-electron chi connectivity index (χ0n) is 15.3. The molecule has 1 heterocycles. The first kappa shape index (κ1) is 19.6. The lowest BCUT2D eigenvalue weighted by Gasteiger charge is -2.19. The van der Waals surface area contributed by atoms with Crippen molar-refractivity contribution in [1.29, 1.82) is 0 Å². The van der Waals surface area contributed by atoms with Crippen molar-refractivity contribution in [2.24, 2.45) is 0 Å². The Balaban J connectivity index is 1.79. The number of nitrogens with zero attached hydrogens (tertiary/aromatic N) is 2. The molecule has 0 aliphatic rings. The average Bonchev–Trinajstić information content (AvgIpc) is 3.14. The summed E-state index contributed by atoms with van der Waals surface area (Å²) in [7, 11) is 1.30. The Kier molecular flexibility index (Phi) is 6.06. The first-order valence-electron chi connectivity index (χ1n) is 8.50. The van der Waals surface area contributed by atoms with Crippen molar-refractivity contribution >= 4 is 23.5 Å². The quantitative estimate of drug-likeness (QED) is 0.634. The first-order valence-corrected chi connectivity index (χ1v) is 8.88. The fourth-order valence-corrected chi connectivity index (χ4v) is 2.93. The Hall–Kier alpha value is -3.19. The number of halogens is 1. The molecule has 1 aromatic heterocycles. The third-order valence-electron chi connectivity index (χ3n) is 4.11. The normalized spacial score (nSPS) is 11.7. The molecule has 2 aromatic carbocycles. The number of carbonyl (C=O) groups is 2. The van der Waals surface area contributed by atoms with Crippen LogP contribution in [0.15, 0.2) is 53.1 Å². The fraction of sp³-hybridized carbons (Fsp3) is 0.200. The standard InChI is InChI=1S/C20H18ClN3O4/c1-12-22-20(28-24-12)14-9-7-13(8-10-14)19(26)23-17(11-18(25)27-2)15-5-3-4-6-16(15)21/h3-10,17H,11H2,1-2H3,(H,23,26). The lowest BCUT2D eigenvalue weighted by Crippen LogP contribution is -2.30. The van der Waals surface area contributed by atoms with E-state index in [-0.39, 0.29) is 12.3 Å². The Morgan fingerprint density at radius 3 is 2.50 bits per heavy atom. The molecule has 0 aliphatic carbocycles. The minimum absolute atomic E-state index is 0.0364. The van der Waals surface area contributed by atoms with Crippen LogP contribution >= 0.6 is 11.6 Å². The maximum Gasteiger partial charge on any atom is 0.307 e. The molecule has 1 amide bonds. The smallest absolute Gasteiger partial charge is 0.307 e. The highest BCUT2D eigenvalue weighted by molar-refractivity contribution is 6.31. The molecule has 1 N–H and O–H groups in total. The van der Waals surface area contributed by atoms with Gasteiger partial charge in [-0.05, 0) is 42.8 Å². The second-order valence-corrected chi connectivity index (χ2v) is 6.46. The SMILES string of the molecule is COC(=O)CC(NC(=O)c1ccc(-c2nc(C)no2)cc1)c1ccccc1Cl. The molecule has 0 fully saturated rings. The van der Waals surface area contributed by atoms with Gasteiger partial charge in [0.1, 0.15) is 0 Å². The second kappa shape index (κ2) is 8.67. The topological polar surface area (TPSA) is 94.3 Å². The van der Waals surface area contributed by atoms with Gasteiger partial charge in [-0.2, -0.15) is 4.98 Å². The van der Waals surface area contributed by atoms with Gasteiger partial charge >= 0.3 is 5.97 Å². The summed E-state index contributed by atoms with van der Waals surface area (Å²) >= 11 is 6.24. The van der Waals surface area contributed by atoms with Crippen molar-refractivity contribution in [1.82, 2.24) is 15.5 Å². The number of rotatable bonds is 6. The van der Waals surface area contributed by atoms with Gasteiger partial charge in [-0.25, -0.2) is 0 Å². The zero-order valence-corrected chi connectivity index (χ0v) is 16.1. The van der Waals surface area contributed by atoms with E-state index in [4.69, 9.17) is 20.9 Å². The predicted octanol–water partition coefficient (Wildman–Crippen LogP) is 3.73. The number of hydrogen-bond acceptors (Lipinski definition) is 6. The van der Waals surface area contributed by atoms with Crippen molar-refractivity contribution in [3.8, 4) is 11.5 Å². The molecule has 7 nitrogen and oxygen atoms in total. The van der Waals surface area contributed by atoms with E-state index >= 15 is 0 Å². The Labute approximate surface area is 166 Å². The summed E-state index contributed by atoms with van der Waals surface area (Å²) in [6.07, 6.45) is -0.0364. The molecule has 3 rings (SSSR count). The van der Waals surface area contributed by atoms with Crippen LogP contribution in [0.3, 0.4) is 0 Å². The number of ether oxygens (including phenoxy) is 1. The minimum atomic E-state index is -0.619. The molecule has 0 bridgehead atoms. The lowest BCUT2D eigenvalue weighted by atomic mass is 10.0. The van der Waals surface area contributed by atoms with E-state index in [1.54, 1.807) is 55.5 Å². The van der Waals surface area contributed by atoms with E-state index in [9.17, 15) is 9.59 Å². The maximum absolute atomic E-state index is 12.7. The van der Waals surface area contributed by atoms with Gasteiger partial charge in [0, 0.05) is 16.1 Å². The van der Waals surface area contributed by atoms with E-state index < -0.39 is 12.0 Å². The van der Waals surface area contributed by atoms with E-state index in [2.05, 4.69) is 15.5 Å². The molecular weight excluding hydrogens is 382 g/mol. The second-order valence-electron chi connectivity index (χ2n) is 6.05. The summed E-state index contributed by atoms with van der Waals surface area (Å²) in [4.78, 5) is 28.6. The number of methoxy groups -OCH3 is 1. The molecule has 0 saturated carbocycles. The summed E-state index contributed by atoms with van der Waals surface area (Å²) in [5.74, 6) is 0.112. The molecule has 1 unspecified atom stereocenters. The molecule has 0 radical (unpaired) electrons. The van der Waals surface area contributed by atoms with Crippen LogP contribution < -0.4 is 5.32 Å². The van der Waals surface area contributed by atoms with Crippen LogP contribution in [0, 0.1) is 6.92 Å². The minimum Gasteiger partial charge on any atom is -0.469 e. The number of amides is 1. The highest BCUT2D eigenvalue weighted by atomic mass is 35.5. The molecule has 0 spiro atoms.